The minimum atomic E-state index is -0.555. The van der Waals surface area contributed by atoms with Crippen LogP contribution in [-0.4, -0.2) is 18.3 Å². The fourth-order valence-electron chi connectivity index (χ4n) is 1.47. The summed E-state index contributed by atoms with van der Waals surface area (Å²) < 4.78 is 5.18. The minimum absolute atomic E-state index is 0.356. The Kier molecular flexibility index (Phi) is 3.49. The third-order valence-corrected chi connectivity index (χ3v) is 2.42. The van der Waals surface area contributed by atoms with Gasteiger partial charge in [-0.2, -0.15) is 0 Å². The number of methoxy groups -OCH3 is 1. The number of aliphatic hydroxyl groups excluding tert-OH is 1. The van der Waals surface area contributed by atoms with Crippen molar-refractivity contribution in [2.24, 2.45) is 5.73 Å². The highest BCUT2D eigenvalue weighted by Gasteiger charge is 2.15. The molecule has 0 saturated heterocycles. The lowest BCUT2D eigenvalue weighted by molar-refractivity contribution is 0.164. The fourth-order valence-corrected chi connectivity index (χ4v) is 1.47. The van der Waals surface area contributed by atoms with Crippen LogP contribution in [0.5, 0.6) is 5.75 Å². The van der Waals surface area contributed by atoms with E-state index >= 15 is 0 Å². The first-order valence-electron chi connectivity index (χ1n) is 4.65. The molecule has 1 aromatic rings. The Labute approximate surface area is 84.5 Å². The van der Waals surface area contributed by atoms with Crippen molar-refractivity contribution in [3.63, 3.8) is 0 Å². The summed E-state index contributed by atoms with van der Waals surface area (Å²) in [6.07, 6.45) is -0.555. The molecule has 0 saturated carbocycles. The highest BCUT2D eigenvalue weighted by atomic mass is 16.5. The molecule has 0 spiro atoms. The third-order valence-electron chi connectivity index (χ3n) is 2.42. The maximum atomic E-state index is 9.40. The SMILES string of the molecule is COc1cccc([C@H](N)[C@@H](C)O)c1C. The largest absolute Gasteiger partial charge is 0.496 e. The van der Waals surface area contributed by atoms with E-state index in [-0.39, 0.29) is 6.04 Å². The molecule has 0 aliphatic heterocycles. The average molecular weight is 195 g/mol. The van der Waals surface area contributed by atoms with Crippen LogP contribution in [-0.2, 0) is 0 Å². The number of rotatable bonds is 3. The molecule has 0 amide bonds. The second-order valence-electron chi connectivity index (χ2n) is 3.44. The van der Waals surface area contributed by atoms with E-state index in [4.69, 9.17) is 10.5 Å². The summed E-state index contributed by atoms with van der Waals surface area (Å²) >= 11 is 0. The molecule has 0 aliphatic rings. The number of nitrogens with two attached hydrogens (primary N) is 1. The zero-order valence-electron chi connectivity index (χ0n) is 8.82. The number of ether oxygens (including phenoxy) is 1. The second kappa shape index (κ2) is 4.44. The summed E-state index contributed by atoms with van der Waals surface area (Å²) in [6, 6.07) is 5.32. The molecule has 1 rings (SSSR count). The molecule has 0 aliphatic carbocycles. The van der Waals surface area contributed by atoms with Crippen LogP contribution in [0.4, 0.5) is 0 Å². The molecule has 0 radical (unpaired) electrons. The molecule has 0 bridgehead atoms. The van der Waals surface area contributed by atoms with Gasteiger partial charge in [-0.15, -0.1) is 0 Å². The van der Waals surface area contributed by atoms with Crippen molar-refractivity contribution in [1.29, 1.82) is 0 Å². The Morgan fingerprint density at radius 3 is 2.57 bits per heavy atom. The molecule has 0 aromatic heterocycles. The summed E-state index contributed by atoms with van der Waals surface area (Å²) in [4.78, 5) is 0. The molecule has 1 aromatic carbocycles. The van der Waals surface area contributed by atoms with Crippen LogP contribution in [0, 0.1) is 6.92 Å². The number of hydrogen-bond acceptors (Lipinski definition) is 3. The van der Waals surface area contributed by atoms with Gasteiger partial charge in [0.2, 0.25) is 0 Å². The topological polar surface area (TPSA) is 55.5 Å². The van der Waals surface area contributed by atoms with Crippen molar-refractivity contribution < 1.29 is 9.84 Å². The van der Waals surface area contributed by atoms with Gasteiger partial charge >= 0.3 is 0 Å². The molecular formula is C11H17NO2. The maximum Gasteiger partial charge on any atom is 0.122 e. The summed E-state index contributed by atoms with van der Waals surface area (Å²) in [5.74, 6) is 0.804. The quantitative estimate of drug-likeness (QED) is 0.766. The number of hydrogen-bond donors (Lipinski definition) is 2. The zero-order chi connectivity index (χ0) is 10.7. The smallest absolute Gasteiger partial charge is 0.122 e. The van der Waals surface area contributed by atoms with Crippen LogP contribution < -0.4 is 10.5 Å². The van der Waals surface area contributed by atoms with Crippen molar-refractivity contribution in [2.45, 2.75) is 26.0 Å². The van der Waals surface area contributed by atoms with E-state index < -0.39 is 6.10 Å². The Morgan fingerprint density at radius 2 is 2.07 bits per heavy atom. The molecule has 78 valence electrons. The average Bonchev–Trinajstić information content (AvgIpc) is 2.17. The fraction of sp³-hybridized carbons (Fsp3) is 0.455. The molecule has 0 unspecified atom stereocenters. The third kappa shape index (κ3) is 2.05. The second-order valence-corrected chi connectivity index (χ2v) is 3.44. The van der Waals surface area contributed by atoms with Crippen LogP contribution in [0.25, 0.3) is 0 Å². The van der Waals surface area contributed by atoms with E-state index in [1.165, 1.54) is 0 Å². The van der Waals surface area contributed by atoms with Gasteiger partial charge in [-0.25, -0.2) is 0 Å². The van der Waals surface area contributed by atoms with Gasteiger partial charge in [0.25, 0.3) is 0 Å². The number of benzene rings is 1. The summed E-state index contributed by atoms with van der Waals surface area (Å²) in [5.41, 5.74) is 7.78. The first kappa shape index (κ1) is 11.0. The van der Waals surface area contributed by atoms with Gasteiger partial charge in [0, 0.05) is 0 Å². The van der Waals surface area contributed by atoms with E-state index in [1.54, 1.807) is 14.0 Å². The van der Waals surface area contributed by atoms with E-state index in [9.17, 15) is 5.11 Å². The first-order chi connectivity index (χ1) is 6.57. The van der Waals surface area contributed by atoms with Crippen molar-refractivity contribution in [3.8, 4) is 5.75 Å². The van der Waals surface area contributed by atoms with Gasteiger partial charge in [-0.3, -0.25) is 0 Å². The maximum absolute atomic E-state index is 9.40. The van der Waals surface area contributed by atoms with Gasteiger partial charge < -0.3 is 15.6 Å². The molecular weight excluding hydrogens is 178 g/mol. The molecule has 2 atom stereocenters. The van der Waals surface area contributed by atoms with Crippen molar-refractivity contribution in [2.75, 3.05) is 7.11 Å². The highest BCUT2D eigenvalue weighted by molar-refractivity contribution is 5.40. The lowest BCUT2D eigenvalue weighted by Gasteiger charge is -2.18. The van der Waals surface area contributed by atoms with Gasteiger partial charge in [0.05, 0.1) is 19.3 Å². The molecule has 0 fully saturated rings. The normalized spacial score (nSPS) is 14.9. The summed E-state index contributed by atoms with van der Waals surface area (Å²) in [6.45, 7) is 3.62. The Morgan fingerprint density at radius 1 is 1.43 bits per heavy atom. The minimum Gasteiger partial charge on any atom is -0.496 e. The molecule has 3 nitrogen and oxygen atoms in total. The van der Waals surface area contributed by atoms with Crippen LogP contribution >= 0.6 is 0 Å². The lowest BCUT2D eigenvalue weighted by Crippen LogP contribution is -2.24. The van der Waals surface area contributed by atoms with E-state index in [0.29, 0.717) is 0 Å². The van der Waals surface area contributed by atoms with Crippen molar-refractivity contribution >= 4 is 0 Å². The predicted octanol–water partition coefficient (Wildman–Crippen LogP) is 1.38. The van der Waals surface area contributed by atoms with Crippen LogP contribution in [0.2, 0.25) is 0 Å². The monoisotopic (exact) mass is 195 g/mol. The van der Waals surface area contributed by atoms with Crippen LogP contribution in [0.15, 0.2) is 18.2 Å². The van der Waals surface area contributed by atoms with Crippen LogP contribution in [0.1, 0.15) is 24.1 Å². The lowest BCUT2D eigenvalue weighted by atomic mass is 9.98. The highest BCUT2D eigenvalue weighted by Crippen LogP contribution is 2.26. The predicted molar refractivity (Wildman–Crippen MR) is 56.3 cm³/mol. The molecule has 3 N–H and O–H groups in total. The summed E-state index contributed by atoms with van der Waals surface area (Å²) in [7, 11) is 1.63. The van der Waals surface area contributed by atoms with Crippen molar-refractivity contribution in [1.82, 2.24) is 0 Å². The molecule has 14 heavy (non-hydrogen) atoms. The Balaban J connectivity index is 3.09. The van der Waals surface area contributed by atoms with Gasteiger partial charge in [-0.1, -0.05) is 12.1 Å². The molecule has 3 heteroatoms. The Bertz CT molecular complexity index is 310. The first-order valence-corrected chi connectivity index (χ1v) is 4.65. The summed E-state index contributed by atoms with van der Waals surface area (Å²) in [5, 5.41) is 9.40. The standard InChI is InChI=1S/C11H17NO2/c1-7-9(11(12)8(2)13)5-4-6-10(7)14-3/h4-6,8,11,13H,12H2,1-3H3/t8-,11-/m1/s1. The van der Waals surface area contributed by atoms with Gasteiger partial charge in [0.15, 0.2) is 0 Å². The Hall–Kier alpha value is -1.06. The van der Waals surface area contributed by atoms with Gasteiger partial charge in [0.1, 0.15) is 5.75 Å². The van der Waals surface area contributed by atoms with Crippen LogP contribution in [0.3, 0.4) is 0 Å². The van der Waals surface area contributed by atoms with E-state index in [1.807, 2.05) is 25.1 Å². The van der Waals surface area contributed by atoms with Crippen molar-refractivity contribution in [3.05, 3.63) is 29.3 Å². The van der Waals surface area contributed by atoms with E-state index in [2.05, 4.69) is 0 Å². The number of aliphatic hydroxyl groups is 1. The molecule has 0 heterocycles. The van der Waals surface area contributed by atoms with Gasteiger partial charge in [-0.05, 0) is 31.0 Å². The van der Waals surface area contributed by atoms with E-state index in [0.717, 1.165) is 16.9 Å². The zero-order valence-corrected chi connectivity index (χ0v) is 8.82.